The third-order valence-electron chi connectivity index (χ3n) is 3.81. The zero-order valence-electron chi connectivity index (χ0n) is 15.1. The number of nitrogens with one attached hydrogen (secondary N) is 1. The Hall–Kier alpha value is -2.68. The summed E-state index contributed by atoms with van der Waals surface area (Å²) in [7, 11) is 3.13. The Morgan fingerprint density at radius 2 is 2.00 bits per heavy atom. The zero-order chi connectivity index (χ0) is 18.7. The number of hydrogen-bond acceptors (Lipinski definition) is 7. The van der Waals surface area contributed by atoms with Crippen molar-refractivity contribution in [1.29, 1.82) is 0 Å². The molecule has 0 saturated heterocycles. The highest BCUT2D eigenvalue weighted by molar-refractivity contribution is 7.16. The molecule has 2 aromatic heterocycles. The Morgan fingerprint density at radius 3 is 2.69 bits per heavy atom. The van der Waals surface area contributed by atoms with E-state index >= 15 is 0 Å². The maximum atomic E-state index is 12.2. The van der Waals surface area contributed by atoms with Crippen molar-refractivity contribution >= 4 is 27.9 Å². The number of carbonyl (C=O) groups is 1. The van der Waals surface area contributed by atoms with Crippen molar-refractivity contribution in [3.63, 3.8) is 0 Å². The summed E-state index contributed by atoms with van der Waals surface area (Å²) in [5, 5.41) is 16.5. The summed E-state index contributed by atoms with van der Waals surface area (Å²) in [6.07, 6.45) is 0.875. The number of aryl methyl sites for hydroxylation is 1. The van der Waals surface area contributed by atoms with E-state index < -0.39 is 0 Å². The number of rotatable bonds is 7. The number of hydrogen-bond donors (Lipinski definition) is 1. The summed E-state index contributed by atoms with van der Waals surface area (Å²) < 4.78 is 12.2. The molecule has 0 unspecified atom stereocenters. The van der Waals surface area contributed by atoms with E-state index in [9.17, 15) is 4.79 Å². The number of fused-ring (bicyclic) bond motifs is 1. The molecule has 0 aliphatic rings. The SMILES string of the molecule is COc1ccc(NC(=O)CCc2nn3c(C(C)C)nnc3s2)cc1OC. The molecule has 1 amide bonds. The Kier molecular flexibility index (Phi) is 5.36. The highest BCUT2D eigenvalue weighted by atomic mass is 32.1. The number of methoxy groups -OCH3 is 2. The summed E-state index contributed by atoms with van der Waals surface area (Å²) in [4.78, 5) is 13.0. The van der Waals surface area contributed by atoms with Gasteiger partial charge in [-0.15, -0.1) is 10.2 Å². The zero-order valence-corrected chi connectivity index (χ0v) is 16.0. The quantitative estimate of drug-likeness (QED) is 0.683. The molecule has 0 aliphatic carbocycles. The monoisotopic (exact) mass is 375 g/mol. The average molecular weight is 375 g/mol. The second-order valence-corrected chi connectivity index (χ2v) is 7.06. The van der Waals surface area contributed by atoms with E-state index in [-0.39, 0.29) is 11.8 Å². The maximum Gasteiger partial charge on any atom is 0.234 e. The molecule has 0 saturated carbocycles. The van der Waals surface area contributed by atoms with Gasteiger partial charge in [0, 0.05) is 30.5 Å². The fraction of sp³-hybridized carbons (Fsp3) is 0.412. The van der Waals surface area contributed by atoms with Crippen molar-refractivity contribution in [1.82, 2.24) is 19.8 Å². The molecule has 138 valence electrons. The maximum absolute atomic E-state index is 12.2. The molecular weight excluding hydrogens is 354 g/mol. The van der Waals surface area contributed by atoms with E-state index in [1.807, 2.05) is 13.8 Å². The van der Waals surface area contributed by atoms with E-state index in [2.05, 4.69) is 20.6 Å². The van der Waals surface area contributed by atoms with Gasteiger partial charge in [-0.3, -0.25) is 4.79 Å². The first-order valence-electron chi connectivity index (χ1n) is 8.24. The number of benzene rings is 1. The summed E-state index contributed by atoms with van der Waals surface area (Å²) >= 11 is 1.46. The van der Waals surface area contributed by atoms with Crippen LogP contribution < -0.4 is 14.8 Å². The summed E-state index contributed by atoms with van der Waals surface area (Å²) in [6.45, 7) is 4.10. The van der Waals surface area contributed by atoms with Gasteiger partial charge in [-0.2, -0.15) is 9.61 Å². The Bertz CT molecular complexity index is 918. The molecule has 0 spiro atoms. The van der Waals surface area contributed by atoms with E-state index in [1.165, 1.54) is 11.3 Å². The van der Waals surface area contributed by atoms with Gasteiger partial charge in [0.25, 0.3) is 0 Å². The molecule has 3 rings (SSSR count). The largest absolute Gasteiger partial charge is 0.493 e. The van der Waals surface area contributed by atoms with Crippen LogP contribution in [0.1, 0.15) is 37.0 Å². The number of amides is 1. The summed E-state index contributed by atoms with van der Waals surface area (Å²) in [6, 6.07) is 5.26. The minimum Gasteiger partial charge on any atom is -0.493 e. The number of nitrogens with zero attached hydrogens (tertiary/aromatic N) is 4. The van der Waals surface area contributed by atoms with Gasteiger partial charge in [0.05, 0.1) is 14.2 Å². The highest BCUT2D eigenvalue weighted by Crippen LogP contribution is 2.29. The van der Waals surface area contributed by atoms with Crippen molar-refractivity contribution < 1.29 is 14.3 Å². The lowest BCUT2D eigenvalue weighted by molar-refractivity contribution is -0.116. The minimum absolute atomic E-state index is 0.0905. The molecule has 3 aromatic rings. The topological polar surface area (TPSA) is 90.6 Å². The van der Waals surface area contributed by atoms with Crippen LogP contribution >= 0.6 is 11.3 Å². The summed E-state index contributed by atoms with van der Waals surface area (Å²) in [5.74, 6) is 2.17. The molecule has 0 aliphatic heterocycles. The van der Waals surface area contributed by atoms with Crippen LogP contribution in [0.5, 0.6) is 11.5 Å². The molecule has 0 fully saturated rings. The second-order valence-electron chi connectivity index (χ2n) is 6.02. The van der Waals surface area contributed by atoms with Crippen molar-refractivity contribution in [3.05, 3.63) is 29.0 Å². The lowest BCUT2D eigenvalue weighted by Gasteiger charge is -2.10. The van der Waals surface area contributed by atoms with Crippen molar-refractivity contribution in [3.8, 4) is 11.5 Å². The predicted octanol–water partition coefficient (Wildman–Crippen LogP) is 2.90. The molecule has 0 atom stereocenters. The van der Waals surface area contributed by atoms with Gasteiger partial charge in [0.15, 0.2) is 17.3 Å². The third kappa shape index (κ3) is 3.77. The van der Waals surface area contributed by atoms with Gasteiger partial charge in [0.1, 0.15) is 5.01 Å². The first-order valence-corrected chi connectivity index (χ1v) is 9.06. The van der Waals surface area contributed by atoms with Gasteiger partial charge in [-0.25, -0.2) is 0 Å². The summed E-state index contributed by atoms with van der Waals surface area (Å²) in [5.41, 5.74) is 0.660. The molecule has 9 heteroatoms. The van der Waals surface area contributed by atoms with Crippen molar-refractivity contribution in [2.24, 2.45) is 0 Å². The van der Waals surface area contributed by atoms with Gasteiger partial charge >= 0.3 is 0 Å². The smallest absolute Gasteiger partial charge is 0.234 e. The molecule has 8 nitrogen and oxygen atoms in total. The van der Waals surface area contributed by atoms with Gasteiger partial charge in [0.2, 0.25) is 10.9 Å². The normalized spacial score (nSPS) is 11.1. The molecular formula is C17H21N5O3S. The van der Waals surface area contributed by atoms with Crippen LogP contribution in [0.15, 0.2) is 18.2 Å². The van der Waals surface area contributed by atoms with E-state index in [4.69, 9.17) is 9.47 Å². The van der Waals surface area contributed by atoms with Gasteiger partial charge in [-0.05, 0) is 12.1 Å². The Labute approximate surface area is 155 Å². The Morgan fingerprint density at radius 1 is 1.23 bits per heavy atom. The van der Waals surface area contributed by atoms with Crippen LogP contribution in [0.2, 0.25) is 0 Å². The van der Waals surface area contributed by atoms with Crippen LogP contribution in [0.4, 0.5) is 5.69 Å². The predicted molar refractivity (Wildman–Crippen MR) is 99.2 cm³/mol. The highest BCUT2D eigenvalue weighted by Gasteiger charge is 2.15. The number of carbonyl (C=O) groups excluding carboxylic acids is 1. The molecule has 0 bridgehead atoms. The van der Waals surface area contributed by atoms with E-state index in [0.29, 0.717) is 30.0 Å². The molecule has 26 heavy (non-hydrogen) atoms. The third-order valence-corrected chi connectivity index (χ3v) is 4.77. The molecule has 1 aromatic carbocycles. The van der Waals surface area contributed by atoms with Crippen LogP contribution in [0.25, 0.3) is 4.96 Å². The minimum atomic E-state index is -0.0905. The second kappa shape index (κ2) is 7.69. The fourth-order valence-corrected chi connectivity index (χ4v) is 3.33. The average Bonchev–Trinajstić information content (AvgIpc) is 3.19. The Balaban J connectivity index is 1.62. The van der Waals surface area contributed by atoms with Crippen LogP contribution in [0, 0.1) is 0 Å². The first kappa shape index (κ1) is 18.1. The number of anilines is 1. The lowest BCUT2D eigenvalue weighted by Crippen LogP contribution is -2.12. The number of aromatic nitrogens is 4. The van der Waals surface area contributed by atoms with E-state index in [0.717, 1.165) is 15.8 Å². The molecule has 0 radical (unpaired) electrons. The fourth-order valence-electron chi connectivity index (χ4n) is 2.49. The molecule has 1 N–H and O–H groups in total. The van der Waals surface area contributed by atoms with Crippen LogP contribution in [0.3, 0.4) is 0 Å². The standard InChI is InChI=1S/C17H21N5O3S/c1-10(2)16-19-20-17-22(16)21-15(26-17)8-7-14(23)18-11-5-6-12(24-3)13(9-11)25-4/h5-6,9-10H,7-8H2,1-4H3,(H,18,23). The van der Waals surface area contributed by atoms with Crippen LogP contribution in [-0.2, 0) is 11.2 Å². The van der Waals surface area contributed by atoms with Crippen molar-refractivity contribution in [2.75, 3.05) is 19.5 Å². The van der Waals surface area contributed by atoms with Crippen LogP contribution in [-0.4, -0.2) is 39.9 Å². The van der Waals surface area contributed by atoms with Gasteiger partial charge in [-0.1, -0.05) is 25.2 Å². The molecule has 2 heterocycles. The van der Waals surface area contributed by atoms with E-state index in [1.54, 1.807) is 36.9 Å². The lowest BCUT2D eigenvalue weighted by atomic mass is 10.2. The van der Waals surface area contributed by atoms with Crippen molar-refractivity contribution in [2.45, 2.75) is 32.6 Å². The van der Waals surface area contributed by atoms with Gasteiger partial charge < -0.3 is 14.8 Å². The first-order chi connectivity index (χ1) is 12.5. The number of ether oxygens (including phenoxy) is 2.